The van der Waals surface area contributed by atoms with Gasteiger partial charge in [0.2, 0.25) is 5.13 Å². The number of aliphatic hydroxyl groups is 1. The van der Waals surface area contributed by atoms with Crippen LogP contribution >= 0.6 is 11.3 Å². The van der Waals surface area contributed by atoms with E-state index >= 15 is 0 Å². The zero-order chi connectivity index (χ0) is 16.7. The smallest absolute Gasteiger partial charge is 0.438 e. The average Bonchev–Trinajstić information content (AvgIpc) is 3.14. The number of alkyl halides is 3. The van der Waals surface area contributed by atoms with Crippen molar-refractivity contribution in [3.8, 4) is 17.0 Å². The topological polar surface area (TPSA) is 58.0 Å². The van der Waals surface area contributed by atoms with Crippen LogP contribution in [0.1, 0.15) is 6.42 Å². The number of rotatable bonds is 3. The molecule has 0 spiro atoms. The predicted molar refractivity (Wildman–Crippen MR) is 80.7 cm³/mol. The van der Waals surface area contributed by atoms with Crippen LogP contribution in [-0.2, 0) is 0 Å². The molecular formula is C14H12F3N3O2S. The molecule has 3 rings (SSSR count). The number of hydrazone groups is 1. The van der Waals surface area contributed by atoms with Gasteiger partial charge in [0.25, 0.3) is 5.72 Å². The summed E-state index contributed by atoms with van der Waals surface area (Å²) in [5.41, 5.74) is -1.83. The first-order valence-electron chi connectivity index (χ1n) is 6.57. The van der Waals surface area contributed by atoms with Crippen molar-refractivity contribution in [2.75, 3.05) is 12.1 Å². The van der Waals surface area contributed by atoms with Gasteiger partial charge >= 0.3 is 6.18 Å². The molecule has 0 fully saturated rings. The Kier molecular flexibility index (Phi) is 3.77. The Morgan fingerprint density at radius 2 is 2.00 bits per heavy atom. The van der Waals surface area contributed by atoms with Crippen molar-refractivity contribution in [2.24, 2.45) is 5.10 Å². The second kappa shape index (κ2) is 5.50. The molecular weight excluding hydrogens is 331 g/mol. The fourth-order valence-corrected chi connectivity index (χ4v) is 2.99. The SMILES string of the molecule is COc1ccc(-c2csc(N3N=CCC3(O)C(F)(F)F)n2)cc1. The molecule has 2 heterocycles. The standard InChI is InChI=1S/C14H12F3N3O2S/c1-22-10-4-2-9(3-5-10)11-8-23-12(19-11)20-13(21,6-7-18-20)14(15,16)17/h2-5,7-8,21H,6H2,1H3. The van der Waals surface area contributed by atoms with Gasteiger partial charge in [-0.3, -0.25) is 0 Å². The van der Waals surface area contributed by atoms with E-state index in [0.29, 0.717) is 16.5 Å². The van der Waals surface area contributed by atoms with Gasteiger partial charge < -0.3 is 9.84 Å². The zero-order valence-corrected chi connectivity index (χ0v) is 12.7. The number of aromatic nitrogens is 1. The number of nitrogens with zero attached hydrogens (tertiary/aromatic N) is 3. The van der Waals surface area contributed by atoms with Crippen LogP contribution in [0.2, 0.25) is 0 Å². The number of ether oxygens (including phenoxy) is 1. The molecule has 1 unspecified atom stereocenters. The highest BCUT2D eigenvalue weighted by Crippen LogP contribution is 2.42. The lowest BCUT2D eigenvalue weighted by atomic mass is 10.1. The van der Waals surface area contributed by atoms with Gasteiger partial charge in [-0.05, 0) is 24.3 Å². The van der Waals surface area contributed by atoms with Crippen molar-refractivity contribution in [3.63, 3.8) is 0 Å². The van der Waals surface area contributed by atoms with Gasteiger partial charge in [0.1, 0.15) is 5.75 Å². The second-order valence-corrected chi connectivity index (χ2v) is 5.71. The third kappa shape index (κ3) is 2.66. The van der Waals surface area contributed by atoms with E-state index in [2.05, 4.69) is 10.1 Å². The van der Waals surface area contributed by atoms with E-state index in [1.165, 1.54) is 0 Å². The van der Waals surface area contributed by atoms with Crippen LogP contribution in [0, 0.1) is 0 Å². The lowest BCUT2D eigenvalue weighted by Gasteiger charge is -2.32. The van der Waals surface area contributed by atoms with Crippen molar-refractivity contribution < 1.29 is 23.0 Å². The molecule has 0 saturated heterocycles. The summed E-state index contributed by atoms with van der Waals surface area (Å²) in [6, 6.07) is 6.96. The molecule has 9 heteroatoms. The minimum Gasteiger partial charge on any atom is -0.497 e. The maximum absolute atomic E-state index is 13.1. The van der Waals surface area contributed by atoms with Gasteiger partial charge in [0.05, 0.1) is 12.8 Å². The number of hydrogen-bond acceptors (Lipinski definition) is 6. The van der Waals surface area contributed by atoms with E-state index in [-0.39, 0.29) is 5.13 Å². The molecule has 0 saturated carbocycles. The van der Waals surface area contributed by atoms with Crippen molar-refractivity contribution in [3.05, 3.63) is 29.6 Å². The lowest BCUT2D eigenvalue weighted by Crippen LogP contribution is -2.54. The molecule has 122 valence electrons. The molecule has 23 heavy (non-hydrogen) atoms. The summed E-state index contributed by atoms with van der Waals surface area (Å²) < 4.78 is 44.3. The highest BCUT2D eigenvalue weighted by molar-refractivity contribution is 7.14. The van der Waals surface area contributed by atoms with Crippen molar-refractivity contribution in [2.45, 2.75) is 18.3 Å². The quantitative estimate of drug-likeness (QED) is 0.929. The van der Waals surface area contributed by atoms with Crippen LogP contribution < -0.4 is 9.75 Å². The molecule has 1 aliphatic heterocycles. The normalized spacial score (nSPS) is 21.0. The van der Waals surface area contributed by atoms with Gasteiger partial charge in [-0.25, -0.2) is 4.98 Å². The van der Waals surface area contributed by atoms with E-state index in [9.17, 15) is 18.3 Å². The Labute approximate surface area is 133 Å². The van der Waals surface area contributed by atoms with Gasteiger partial charge in [-0.1, -0.05) is 0 Å². The third-order valence-electron chi connectivity index (χ3n) is 3.44. The Balaban J connectivity index is 1.91. The molecule has 0 amide bonds. The van der Waals surface area contributed by atoms with E-state index in [4.69, 9.17) is 4.74 Å². The number of hydrogen-bond donors (Lipinski definition) is 1. The maximum Gasteiger partial charge on any atom is 0.438 e. The predicted octanol–water partition coefficient (Wildman–Crippen LogP) is 3.27. The largest absolute Gasteiger partial charge is 0.497 e. The van der Waals surface area contributed by atoms with Crippen molar-refractivity contribution >= 4 is 22.7 Å². The molecule has 1 aromatic carbocycles. The summed E-state index contributed by atoms with van der Waals surface area (Å²) in [6.07, 6.45) is -4.44. The first-order valence-corrected chi connectivity index (χ1v) is 7.45. The van der Waals surface area contributed by atoms with E-state index in [1.807, 2.05) is 0 Å². The van der Waals surface area contributed by atoms with Crippen LogP contribution in [0.25, 0.3) is 11.3 Å². The fourth-order valence-electron chi connectivity index (χ4n) is 2.13. The molecule has 1 aliphatic rings. The Hall–Kier alpha value is -2.13. The average molecular weight is 343 g/mol. The van der Waals surface area contributed by atoms with E-state index < -0.39 is 18.3 Å². The molecule has 0 radical (unpaired) electrons. The Bertz CT molecular complexity index is 730. The first kappa shape index (κ1) is 15.8. The second-order valence-electron chi connectivity index (χ2n) is 4.87. The summed E-state index contributed by atoms with van der Waals surface area (Å²) in [4.78, 5) is 4.16. The number of thiazole rings is 1. The molecule has 1 aromatic heterocycles. The summed E-state index contributed by atoms with van der Waals surface area (Å²) >= 11 is 0.980. The number of benzene rings is 1. The Morgan fingerprint density at radius 3 is 2.61 bits per heavy atom. The number of halogens is 3. The third-order valence-corrected chi connectivity index (χ3v) is 4.25. The van der Waals surface area contributed by atoms with Crippen LogP contribution in [0.15, 0.2) is 34.7 Å². The van der Waals surface area contributed by atoms with E-state index in [0.717, 1.165) is 23.1 Å². The van der Waals surface area contributed by atoms with E-state index in [1.54, 1.807) is 36.8 Å². The molecule has 0 aliphatic carbocycles. The van der Waals surface area contributed by atoms with Crippen molar-refractivity contribution in [1.29, 1.82) is 0 Å². The summed E-state index contributed by atoms with van der Waals surface area (Å²) in [5, 5.41) is 15.6. The summed E-state index contributed by atoms with van der Waals surface area (Å²) in [5.74, 6) is 0.666. The molecule has 0 bridgehead atoms. The monoisotopic (exact) mass is 343 g/mol. The minimum atomic E-state index is -4.84. The van der Waals surface area contributed by atoms with Gasteiger partial charge in [-0.15, -0.1) is 11.3 Å². The van der Waals surface area contributed by atoms with Gasteiger partial charge in [0, 0.05) is 23.6 Å². The summed E-state index contributed by atoms with van der Waals surface area (Å²) in [6.45, 7) is 0. The highest BCUT2D eigenvalue weighted by Gasteiger charge is 2.60. The number of anilines is 1. The van der Waals surface area contributed by atoms with Crippen LogP contribution in [0.5, 0.6) is 5.75 Å². The minimum absolute atomic E-state index is 0.0237. The molecule has 5 nitrogen and oxygen atoms in total. The van der Waals surface area contributed by atoms with Gasteiger partial charge in [0.15, 0.2) is 0 Å². The molecule has 1 atom stereocenters. The van der Waals surface area contributed by atoms with Crippen molar-refractivity contribution in [1.82, 2.24) is 4.98 Å². The maximum atomic E-state index is 13.1. The van der Waals surface area contributed by atoms with Crippen LogP contribution in [0.3, 0.4) is 0 Å². The van der Waals surface area contributed by atoms with Crippen LogP contribution in [-0.4, -0.2) is 35.3 Å². The molecule has 2 aromatic rings. The highest BCUT2D eigenvalue weighted by atomic mass is 32.1. The summed E-state index contributed by atoms with van der Waals surface area (Å²) in [7, 11) is 1.54. The van der Waals surface area contributed by atoms with Gasteiger partial charge in [-0.2, -0.15) is 23.3 Å². The Morgan fingerprint density at radius 1 is 1.30 bits per heavy atom. The van der Waals surface area contributed by atoms with Crippen LogP contribution in [0.4, 0.5) is 18.3 Å². The fraction of sp³-hybridized carbons (Fsp3) is 0.286. The lowest BCUT2D eigenvalue weighted by molar-refractivity contribution is -0.254. The molecule has 1 N–H and O–H groups in total. The number of methoxy groups -OCH3 is 1. The first-order chi connectivity index (χ1) is 10.8. The zero-order valence-electron chi connectivity index (χ0n) is 11.9.